The Morgan fingerprint density at radius 2 is 2.00 bits per heavy atom. The van der Waals surface area contributed by atoms with E-state index in [2.05, 4.69) is 27.2 Å². The number of nitrogens with one attached hydrogen (secondary N) is 2. The van der Waals surface area contributed by atoms with Crippen LogP contribution in [-0.4, -0.2) is 32.9 Å². The molecule has 1 aliphatic heterocycles. The molecule has 2 N–H and O–H groups in total. The molecule has 3 rings (SSSR count). The molecule has 0 atom stereocenters. The summed E-state index contributed by atoms with van der Waals surface area (Å²) in [6.07, 6.45) is 7.69. The normalized spacial score (nSPS) is 13.0. The lowest BCUT2D eigenvalue weighted by atomic mass is 10.1. The fourth-order valence-corrected chi connectivity index (χ4v) is 2.91. The van der Waals surface area contributed by atoms with Crippen molar-refractivity contribution in [2.24, 2.45) is 0 Å². The molecule has 0 aromatic carbocycles. The lowest BCUT2D eigenvalue weighted by Gasteiger charge is -2.17. The smallest absolute Gasteiger partial charge is 0.287 e. The molecular formula is C18H21N5O2. The molecule has 0 spiro atoms. The zero-order valence-electron chi connectivity index (χ0n) is 14.0. The third kappa shape index (κ3) is 3.76. The van der Waals surface area contributed by atoms with Gasteiger partial charge in [-0.15, -0.1) is 6.58 Å². The highest BCUT2D eigenvalue weighted by Crippen LogP contribution is 2.21. The summed E-state index contributed by atoms with van der Waals surface area (Å²) in [5, 5.41) is 5.60. The van der Waals surface area contributed by atoms with E-state index in [-0.39, 0.29) is 11.8 Å². The third-order valence-corrected chi connectivity index (χ3v) is 4.15. The van der Waals surface area contributed by atoms with Crippen LogP contribution in [0.5, 0.6) is 0 Å². The van der Waals surface area contributed by atoms with Gasteiger partial charge in [0.15, 0.2) is 5.82 Å². The number of carbonyl (C=O) groups excluding carboxylic acids is 2. The van der Waals surface area contributed by atoms with Crippen molar-refractivity contribution in [2.45, 2.75) is 32.4 Å². The number of amides is 2. The van der Waals surface area contributed by atoms with Gasteiger partial charge in [-0.3, -0.25) is 14.6 Å². The van der Waals surface area contributed by atoms with Gasteiger partial charge in [0, 0.05) is 32.0 Å². The van der Waals surface area contributed by atoms with Crippen LogP contribution in [0.1, 0.15) is 45.2 Å². The number of carbonyl (C=O) groups is 2. The second-order valence-electron chi connectivity index (χ2n) is 5.88. The van der Waals surface area contributed by atoms with E-state index in [4.69, 9.17) is 0 Å². The quantitative estimate of drug-likeness (QED) is 0.780. The van der Waals surface area contributed by atoms with Crippen LogP contribution in [0.15, 0.2) is 37.2 Å². The summed E-state index contributed by atoms with van der Waals surface area (Å²) < 4.78 is 1.87. The van der Waals surface area contributed by atoms with Gasteiger partial charge < -0.3 is 15.2 Å². The Morgan fingerprint density at radius 3 is 2.76 bits per heavy atom. The first-order valence-corrected chi connectivity index (χ1v) is 8.36. The highest BCUT2D eigenvalue weighted by Gasteiger charge is 2.27. The molecule has 0 aliphatic carbocycles. The van der Waals surface area contributed by atoms with Gasteiger partial charge in [-0.25, -0.2) is 4.98 Å². The maximum absolute atomic E-state index is 12.6. The second kappa shape index (κ2) is 7.74. The minimum atomic E-state index is -0.275. The molecule has 130 valence electrons. The number of nitrogens with zero attached hydrogens (tertiary/aromatic N) is 3. The Bertz CT molecular complexity index is 782. The lowest BCUT2D eigenvalue weighted by Crippen LogP contribution is -2.27. The van der Waals surface area contributed by atoms with E-state index in [1.807, 2.05) is 16.7 Å². The second-order valence-corrected chi connectivity index (χ2v) is 5.88. The Morgan fingerprint density at radius 1 is 1.20 bits per heavy atom. The molecule has 0 saturated heterocycles. The number of pyridine rings is 1. The van der Waals surface area contributed by atoms with Crippen LogP contribution in [0.2, 0.25) is 0 Å². The van der Waals surface area contributed by atoms with Gasteiger partial charge >= 0.3 is 0 Å². The Kier molecular flexibility index (Phi) is 5.23. The maximum Gasteiger partial charge on any atom is 0.287 e. The highest BCUT2D eigenvalue weighted by atomic mass is 16.2. The molecule has 0 radical (unpaired) electrons. The Balaban J connectivity index is 1.80. The van der Waals surface area contributed by atoms with Gasteiger partial charge in [0.05, 0.1) is 5.69 Å². The van der Waals surface area contributed by atoms with Gasteiger partial charge in [0.25, 0.3) is 11.8 Å². The average Bonchev–Trinajstić information content (AvgIpc) is 3.05. The minimum absolute atomic E-state index is 0.265. The van der Waals surface area contributed by atoms with Crippen molar-refractivity contribution >= 4 is 11.8 Å². The average molecular weight is 339 g/mol. The van der Waals surface area contributed by atoms with Crippen molar-refractivity contribution in [1.29, 1.82) is 0 Å². The van der Waals surface area contributed by atoms with Crippen molar-refractivity contribution in [2.75, 3.05) is 6.54 Å². The molecule has 3 heterocycles. The minimum Gasteiger partial charge on any atom is -0.347 e. The molecule has 2 aromatic heterocycles. The van der Waals surface area contributed by atoms with E-state index in [0.29, 0.717) is 31.2 Å². The van der Waals surface area contributed by atoms with Crippen LogP contribution in [-0.2, 0) is 19.5 Å². The van der Waals surface area contributed by atoms with Crippen LogP contribution in [0.3, 0.4) is 0 Å². The standard InChI is InChI=1S/C18H21N5O2/c1-2-8-20-17(24)15-14-5-3-4-11-23(14)16(22-15)18(25)21-12-13-6-9-19-10-7-13/h2,6-7,9-10H,1,3-5,8,11-12H2,(H,20,24)(H,21,25). The highest BCUT2D eigenvalue weighted by molar-refractivity contribution is 5.97. The van der Waals surface area contributed by atoms with E-state index >= 15 is 0 Å². The van der Waals surface area contributed by atoms with Crippen molar-refractivity contribution in [1.82, 2.24) is 25.2 Å². The summed E-state index contributed by atoms with van der Waals surface area (Å²) in [6.45, 7) is 5.06. The van der Waals surface area contributed by atoms with Crippen molar-refractivity contribution in [3.8, 4) is 0 Å². The number of fused-ring (bicyclic) bond motifs is 1. The summed E-state index contributed by atoms with van der Waals surface area (Å²) in [7, 11) is 0. The van der Waals surface area contributed by atoms with Crippen molar-refractivity contribution < 1.29 is 9.59 Å². The van der Waals surface area contributed by atoms with Crippen molar-refractivity contribution in [3.63, 3.8) is 0 Å². The zero-order valence-corrected chi connectivity index (χ0v) is 14.0. The van der Waals surface area contributed by atoms with Crippen LogP contribution in [0.25, 0.3) is 0 Å². The SMILES string of the molecule is C=CCNC(=O)c1nc(C(=O)NCc2ccncc2)n2c1CCCC2. The molecule has 2 aromatic rings. The number of hydrogen-bond donors (Lipinski definition) is 2. The summed E-state index contributed by atoms with van der Waals surface area (Å²) in [5.74, 6) is -0.242. The molecule has 0 unspecified atom stereocenters. The summed E-state index contributed by atoms with van der Waals surface area (Å²) in [5.41, 5.74) is 2.13. The topological polar surface area (TPSA) is 88.9 Å². The van der Waals surface area contributed by atoms with E-state index in [1.54, 1.807) is 18.5 Å². The first-order valence-electron chi connectivity index (χ1n) is 8.36. The van der Waals surface area contributed by atoms with E-state index in [9.17, 15) is 9.59 Å². The summed E-state index contributed by atoms with van der Waals surface area (Å²) in [4.78, 5) is 33.2. The fraction of sp³-hybridized carbons (Fsp3) is 0.333. The summed E-state index contributed by atoms with van der Waals surface area (Å²) >= 11 is 0. The van der Waals surface area contributed by atoms with Gasteiger partial charge in [-0.1, -0.05) is 6.08 Å². The van der Waals surface area contributed by atoms with Crippen LogP contribution in [0, 0.1) is 0 Å². The van der Waals surface area contributed by atoms with Gasteiger partial charge in [0.2, 0.25) is 0 Å². The Labute approximate surface area is 146 Å². The summed E-state index contributed by atoms with van der Waals surface area (Å²) in [6, 6.07) is 3.69. The first-order chi connectivity index (χ1) is 12.2. The molecule has 0 bridgehead atoms. The van der Waals surface area contributed by atoms with Crippen molar-refractivity contribution in [3.05, 3.63) is 60.0 Å². The largest absolute Gasteiger partial charge is 0.347 e. The lowest BCUT2D eigenvalue weighted by molar-refractivity contribution is 0.0935. The number of hydrogen-bond acceptors (Lipinski definition) is 4. The van der Waals surface area contributed by atoms with Crippen LogP contribution >= 0.6 is 0 Å². The van der Waals surface area contributed by atoms with Gasteiger partial charge in [-0.05, 0) is 37.0 Å². The fourth-order valence-electron chi connectivity index (χ4n) is 2.91. The van der Waals surface area contributed by atoms with Crippen LogP contribution < -0.4 is 10.6 Å². The molecule has 7 nitrogen and oxygen atoms in total. The number of aromatic nitrogens is 3. The molecule has 25 heavy (non-hydrogen) atoms. The predicted octanol–water partition coefficient (Wildman–Crippen LogP) is 1.46. The van der Waals surface area contributed by atoms with E-state index < -0.39 is 0 Å². The van der Waals surface area contributed by atoms with E-state index in [0.717, 1.165) is 30.5 Å². The number of rotatable bonds is 6. The third-order valence-electron chi connectivity index (χ3n) is 4.15. The van der Waals surface area contributed by atoms with Crippen LogP contribution in [0.4, 0.5) is 0 Å². The molecular weight excluding hydrogens is 318 g/mol. The zero-order chi connectivity index (χ0) is 17.6. The van der Waals surface area contributed by atoms with E-state index in [1.165, 1.54) is 0 Å². The number of imidazole rings is 1. The van der Waals surface area contributed by atoms with Gasteiger partial charge in [-0.2, -0.15) is 0 Å². The Hall–Kier alpha value is -2.96. The molecule has 1 aliphatic rings. The molecule has 0 fully saturated rings. The maximum atomic E-state index is 12.6. The predicted molar refractivity (Wildman–Crippen MR) is 93.1 cm³/mol. The molecule has 0 saturated carbocycles. The monoisotopic (exact) mass is 339 g/mol. The molecule has 7 heteroatoms. The first kappa shape index (κ1) is 16.9. The van der Waals surface area contributed by atoms with Gasteiger partial charge in [0.1, 0.15) is 5.69 Å². The molecule has 2 amide bonds.